The van der Waals surface area contributed by atoms with Crippen LogP contribution in [0.3, 0.4) is 0 Å². The molecule has 7 heteroatoms. The van der Waals surface area contributed by atoms with E-state index in [1.165, 1.54) is 0 Å². The largest absolute Gasteiger partial charge is 0.481 e. The normalized spacial score (nSPS) is 10.2. The molecule has 1 heterocycles. The first-order valence-corrected chi connectivity index (χ1v) is 5.95. The average molecular weight is 267 g/mol. The minimum Gasteiger partial charge on any atom is -0.481 e. The van der Waals surface area contributed by atoms with E-state index < -0.39 is 11.7 Å². The van der Waals surface area contributed by atoms with E-state index in [9.17, 15) is 14.4 Å². The Kier molecular flexibility index (Phi) is 5.23. The first-order chi connectivity index (χ1) is 8.90. The third-order valence-corrected chi connectivity index (χ3v) is 2.68. The fourth-order valence-electron chi connectivity index (χ4n) is 1.71. The highest BCUT2D eigenvalue weighted by molar-refractivity contribution is 5.79. The summed E-state index contributed by atoms with van der Waals surface area (Å²) in [6.07, 6.45) is 0.538. The summed E-state index contributed by atoms with van der Waals surface area (Å²) in [6.45, 7) is 3.71. The topological polar surface area (TPSA) is 112 Å². The van der Waals surface area contributed by atoms with Crippen molar-refractivity contribution in [3.8, 4) is 0 Å². The summed E-state index contributed by atoms with van der Waals surface area (Å²) in [7, 11) is 0. The van der Waals surface area contributed by atoms with Crippen LogP contribution in [0.4, 0.5) is 0 Å². The Balaban J connectivity index is 2.53. The Morgan fingerprint density at radius 1 is 1.37 bits per heavy atom. The molecule has 1 rings (SSSR count). The van der Waals surface area contributed by atoms with Gasteiger partial charge >= 0.3 is 11.7 Å². The molecule has 0 aliphatic heterocycles. The average Bonchev–Trinajstić information content (AvgIpc) is 2.29. The number of hydrogen-bond acceptors (Lipinski definition) is 4. The number of H-pyrrole nitrogens is 1. The number of rotatable bonds is 6. The van der Waals surface area contributed by atoms with Crippen LogP contribution in [-0.2, 0) is 16.0 Å². The molecule has 0 bridgehead atoms. The van der Waals surface area contributed by atoms with Crippen molar-refractivity contribution in [3.63, 3.8) is 0 Å². The summed E-state index contributed by atoms with van der Waals surface area (Å²) in [5, 5.41) is 11.1. The maximum atomic E-state index is 11.7. The summed E-state index contributed by atoms with van der Waals surface area (Å²) in [6, 6.07) is 0. The Bertz CT molecular complexity index is 510. The van der Waals surface area contributed by atoms with Gasteiger partial charge in [-0.2, -0.15) is 4.98 Å². The summed E-state index contributed by atoms with van der Waals surface area (Å²) >= 11 is 0. The van der Waals surface area contributed by atoms with Crippen molar-refractivity contribution in [2.75, 3.05) is 6.54 Å². The summed E-state index contributed by atoms with van der Waals surface area (Å²) < 4.78 is 0. The Labute approximate surface area is 110 Å². The second-order valence-corrected chi connectivity index (χ2v) is 4.25. The van der Waals surface area contributed by atoms with E-state index >= 15 is 0 Å². The molecule has 104 valence electrons. The molecule has 1 amide bonds. The second-order valence-electron chi connectivity index (χ2n) is 4.25. The summed E-state index contributed by atoms with van der Waals surface area (Å²) in [4.78, 5) is 39.4. The molecule has 0 fully saturated rings. The highest BCUT2D eigenvalue weighted by Gasteiger charge is 2.10. The van der Waals surface area contributed by atoms with Crippen LogP contribution >= 0.6 is 0 Å². The van der Waals surface area contributed by atoms with Gasteiger partial charge in [0.25, 0.3) is 0 Å². The van der Waals surface area contributed by atoms with Gasteiger partial charge in [-0.05, 0) is 20.3 Å². The number of carboxylic acid groups (broad SMARTS) is 1. The van der Waals surface area contributed by atoms with Gasteiger partial charge in [0.05, 0.1) is 6.42 Å². The molecule has 0 aliphatic rings. The van der Waals surface area contributed by atoms with Crippen LogP contribution < -0.4 is 11.0 Å². The van der Waals surface area contributed by atoms with E-state index in [1.54, 1.807) is 13.8 Å². The number of aliphatic carboxylic acids is 1. The fraction of sp³-hybridized carbons (Fsp3) is 0.500. The third kappa shape index (κ3) is 4.90. The number of nitrogens with one attached hydrogen (secondary N) is 2. The van der Waals surface area contributed by atoms with E-state index in [2.05, 4.69) is 15.3 Å². The highest BCUT2D eigenvalue weighted by Crippen LogP contribution is 2.07. The lowest BCUT2D eigenvalue weighted by molar-refractivity contribution is -0.137. The Morgan fingerprint density at radius 3 is 2.63 bits per heavy atom. The lowest BCUT2D eigenvalue weighted by Crippen LogP contribution is -2.28. The number of carbonyl (C=O) groups excluding carboxylic acids is 1. The molecule has 0 radical (unpaired) electrons. The predicted octanol–water partition coefficient (Wildman–Crippen LogP) is -0.0898. The van der Waals surface area contributed by atoms with Gasteiger partial charge in [-0.15, -0.1) is 0 Å². The zero-order valence-corrected chi connectivity index (χ0v) is 10.9. The van der Waals surface area contributed by atoms with Crippen LogP contribution in [0.2, 0.25) is 0 Å². The van der Waals surface area contributed by atoms with Crippen molar-refractivity contribution < 1.29 is 14.7 Å². The molecule has 0 saturated carbocycles. The molecule has 7 nitrogen and oxygen atoms in total. The maximum absolute atomic E-state index is 11.7. The lowest BCUT2D eigenvalue weighted by Gasteiger charge is -2.08. The Morgan fingerprint density at radius 2 is 2.05 bits per heavy atom. The molecule has 0 saturated heterocycles. The lowest BCUT2D eigenvalue weighted by atomic mass is 10.1. The van der Waals surface area contributed by atoms with Crippen molar-refractivity contribution in [2.24, 2.45) is 0 Å². The second kappa shape index (κ2) is 6.67. The molecular weight excluding hydrogens is 250 g/mol. The van der Waals surface area contributed by atoms with Crippen LogP contribution in [0.15, 0.2) is 4.79 Å². The molecule has 1 aromatic heterocycles. The smallest absolute Gasteiger partial charge is 0.345 e. The third-order valence-electron chi connectivity index (χ3n) is 2.68. The number of nitrogens with zero attached hydrogens (tertiary/aromatic N) is 1. The van der Waals surface area contributed by atoms with Gasteiger partial charge in [0, 0.05) is 29.9 Å². The summed E-state index contributed by atoms with van der Waals surface area (Å²) in [5.74, 6) is -1.10. The van der Waals surface area contributed by atoms with E-state index in [0.717, 1.165) is 0 Å². The van der Waals surface area contributed by atoms with Gasteiger partial charge in [-0.3, -0.25) is 9.59 Å². The monoisotopic (exact) mass is 267 g/mol. The number of aryl methyl sites for hydroxylation is 2. The molecule has 1 aromatic rings. The van der Waals surface area contributed by atoms with Gasteiger partial charge in [0.2, 0.25) is 5.91 Å². The van der Waals surface area contributed by atoms with Crippen LogP contribution in [0.25, 0.3) is 0 Å². The minimum atomic E-state index is -0.884. The van der Waals surface area contributed by atoms with Crippen molar-refractivity contribution in [3.05, 3.63) is 27.4 Å². The minimum absolute atomic E-state index is 0.0263. The number of amides is 1. The zero-order chi connectivity index (χ0) is 14.4. The first kappa shape index (κ1) is 14.9. The quantitative estimate of drug-likeness (QED) is 0.623. The molecule has 0 atom stereocenters. The number of carboxylic acids is 1. The number of carbonyl (C=O) groups is 2. The predicted molar refractivity (Wildman–Crippen MR) is 67.9 cm³/mol. The van der Waals surface area contributed by atoms with Crippen molar-refractivity contribution >= 4 is 11.9 Å². The van der Waals surface area contributed by atoms with Gasteiger partial charge in [-0.25, -0.2) is 4.79 Å². The Hall–Kier alpha value is -2.18. The van der Waals surface area contributed by atoms with Gasteiger partial charge in [0.15, 0.2) is 0 Å². The highest BCUT2D eigenvalue weighted by atomic mass is 16.4. The summed E-state index contributed by atoms with van der Waals surface area (Å²) in [5.41, 5.74) is 1.41. The van der Waals surface area contributed by atoms with E-state index in [0.29, 0.717) is 29.9 Å². The number of aromatic amines is 1. The SMILES string of the molecule is Cc1nc(=O)[nH]c(C)c1CC(=O)NCCCC(=O)O. The molecule has 0 aliphatic carbocycles. The number of hydrogen-bond donors (Lipinski definition) is 3. The van der Waals surface area contributed by atoms with Gasteiger partial charge < -0.3 is 15.4 Å². The van der Waals surface area contributed by atoms with E-state index in [1.807, 2.05) is 0 Å². The van der Waals surface area contributed by atoms with E-state index in [-0.39, 0.29) is 18.7 Å². The molecule has 3 N–H and O–H groups in total. The van der Waals surface area contributed by atoms with Crippen LogP contribution in [-0.4, -0.2) is 33.5 Å². The van der Waals surface area contributed by atoms with Crippen LogP contribution in [0.5, 0.6) is 0 Å². The molecule has 0 aromatic carbocycles. The van der Waals surface area contributed by atoms with E-state index in [4.69, 9.17) is 5.11 Å². The van der Waals surface area contributed by atoms with Crippen molar-refractivity contribution in [1.29, 1.82) is 0 Å². The molecule has 0 spiro atoms. The maximum Gasteiger partial charge on any atom is 0.345 e. The molecule has 19 heavy (non-hydrogen) atoms. The molecular formula is C12H17N3O4. The van der Waals surface area contributed by atoms with Gasteiger partial charge in [0.1, 0.15) is 0 Å². The number of aromatic nitrogens is 2. The standard InChI is InChI=1S/C12H17N3O4/c1-7-9(8(2)15-12(19)14-7)6-10(16)13-5-3-4-11(17)18/h3-6H2,1-2H3,(H,13,16)(H,17,18)(H,14,15,19). The van der Waals surface area contributed by atoms with Crippen molar-refractivity contribution in [2.45, 2.75) is 33.1 Å². The van der Waals surface area contributed by atoms with Crippen LogP contribution in [0, 0.1) is 13.8 Å². The van der Waals surface area contributed by atoms with Gasteiger partial charge in [-0.1, -0.05) is 0 Å². The van der Waals surface area contributed by atoms with Crippen LogP contribution in [0.1, 0.15) is 29.8 Å². The zero-order valence-electron chi connectivity index (χ0n) is 10.9. The van der Waals surface area contributed by atoms with Crippen molar-refractivity contribution in [1.82, 2.24) is 15.3 Å². The fourth-order valence-corrected chi connectivity index (χ4v) is 1.71. The first-order valence-electron chi connectivity index (χ1n) is 5.95. The molecule has 0 unspecified atom stereocenters.